The van der Waals surface area contributed by atoms with E-state index >= 15 is 0 Å². The maximum atomic E-state index is 6.53. The Hall–Kier alpha value is -0.730. The predicted molar refractivity (Wildman–Crippen MR) is 93.3 cm³/mol. The summed E-state index contributed by atoms with van der Waals surface area (Å²) in [5.41, 5.74) is 2.54. The zero-order chi connectivity index (χ0) is 15.2. The van der Waals surface area contributed by atoms with E-state index in [-0.39, 0.29) is 0 Å². The SMILES string of the molecule is CCCNCc1cccc(Cl)c1N(C)C1CCCCC1C. The summed E-state index contributed by atoms with van der Waals surface area (Å²) in [6.45, 7) is 6.53. The first kappa shape index (κ1) is 16.6. The lowest BCUT2D eigenvalue weighted by Crippen LogP contribution is -2.39. The first-order valence-corrected chi connectivity index (χ1v) is 8.73. The normalized spacial score (nSPS) is 22.3. The third kappa shape index (κ3) is 4.14. The molecule has 1 fully saturated rings. The van der Waals surface area contributed by atoms with Gasteiger partial charge in [-0.15, -0.1) is 0 Å². The predicted octanol–water partition coefficient (Wildman–Crippen LogP) is 4.85. The van der Waals surface area contributed by atoms with Crippen LogP contribution in [0.3, 0.4) is 0 Å². The second kappa shape index (κ2) is 8.05. The maximum absolute atomic E-state index is 6.53. The van der Waals surface area contributed by atoms with E-state index in [0.29, 0.717) is 6.04 Å². The van der Waals surface area contributed by atoms with E-state index in [1.165, 1.54) is 36.9 Å². The Morgan fingerprint density at radius 3 is 2.76 bits per heavy atom. The summed E-state index contributed by atoms with van der Waals surface area (Å²) in [6, 6.07) is 6.90. The fourth-order valence-corrected chi connectivity index (χ4v) is 3.86. The molecule has 1 saturated carbocycles. The standard InChI is InChI=1S/C18H29ClN2/c1-4-12-20-13-15-9-7-10-16(19)18(15)21(3)17-11-6-5-8-14(17)2/h7,9-10,14,17,20H,4-6,8,11-13H2,1-3H3. The van der Waals surface area contributed by atoms with Crippen LogP contribution in [0, 0.1) is 5.92 Å². The molecule has 118 valence electrons. The quantitative estimate of drug-likeness (QED) is 0.755. The highest BCUT2D eigenvalue weighted by Crippen LogP contribution is 2.36. The van der Waals surface area contributed by atoms with Crippen LogP contribution in [0.25, 0.3) is 0 Å². The molecule has 0 spiro atoms. The number of hydrogen-bond donors (Lipinski definition) is 1. The lowest BCUT2D eigenvalue weighted by molar-refractivity contribution is 0.321. The minimum absolute atomic E-state index is 0.614. The fraction of sp³-hybridized carbons (Fsp3) is 0.667. The lowest BCUT2D eigenvalue weighted by atomic mass is 9.84. The zero-order valence-electron chi connectivity index (χ0n) is 13.7. The first-order chi connectivity index (χ1) is 10.1. The summed E-state index contributed by atoms with van der Waals surface area (Å²) in [7, 11) is 2.22. The van der Waals surface area contributed by atoms with Crippen molar-refractivity contribution in [2.45, 2.75) is 58.5 Å². The number of benzene rings is 1. The van der Waals surface area contributed by atoms with Gasteiger partial charge in [0.2, 0.25) is 0 Å². The van der Waals surface area contributed by atoms with Gasteiger partial charge in [-0.05, 0) is 43.4 Å². The molecule has 0 radical (unpaired) electrons. The van der Waals surface area contributed by atoms with Crippen molar-refractivity contribution >= 4 is 17.3 Å². The molecule has 1 aliphatic carbocycles. The van der Waals surface area contributed by atoms with Crippen molar-refractivity contribution in [2.24, 2.45) is 5.92 Å². The molecular formula is C18H29ClN2. The second-order valence-electron chi connectivity index (χ2n) is 6.36. The van der Waals surface area contributed by atoms with Gasteiger partial charge in [-0.1, -0.05) is 50.4 Å². The van der Waals surface area contributed by atoms with Gasteiger partial charge in [0.15, 0.2) is 0 Å². The fourth-order valence-electron chi connectivity index (χ4n) is 3.54. The van der Waals surface area contributed by atoms with Crippen molar-refractivity contribution in [2.75, 3.05) is 18.5 Å². The minimum atomic E-state index is 0.614. The average molecular weight is 309 g/mol. The minimum Gasteiger partial charge on any atom is -0.370 e. The van der Waals surface area contributed by atoms with Crippen molar-refractivity contribution in [1.82, 2.24) is 5.32 Å². The molecular weight excluding hydrogens is 280 g/mol. The van der Waals surface area contributed by atoms with Crippen LogP contribution in [0.15, 0.2) is 18.2 Å². The van der Waals surface area contributed by atoms with Crippen LogP contribution < -0.4 is 10.2 Å². The van der Waals surface area contributed by atoms with Gasteiger partial charge < -0.3 is 10.2 Å². The summed E-state index contributed by atoms with van der Waals surface area (Å²) in [5.74, 6) is 0.747. The van der Waals surface area contributed by atoms with Crippen LogP contribution in [0.4, 0.5) is 5.69 Å². The van der Waals surface area contributed by atoms with E-state index in [0.717, 1.165) is 30.5 Å². The maximum Gasteiger partial charge on any atom is 0.0642 e. The number of rotatable bonds is 6. The smallest absolute Gasteiger partial charge is 0.0642 e. The summed E-state index contributed by atoms with van der Waals surface area (Å²) in [4.78, 5) is 2.44. The lowest BCUT2D eigenvalue weighted by Gasteiger charge is -2.39. The number of halogens is 1. The molecule has 0 aromatic heterocycles. The van der Waals surface area contributed by atoms with Gasteiger partial charge in [0, 0.05) is 19.6 Å². The molecule has 3 heteroatoms. The molecule has 1 aliphatic rings. The Kier molecular flexibility index (Phi) is 6.38. The number of anilines is 1. The van der Waals surface area contributed by atoms with E-state index in [2.05, 4.69) is 43.2 Å². The van der Waals surface area contributed by atoms with Crippen LogP contribution in [0.2, 0.25) is 5.02 Å². The summed E-state index contributed by atoms with van der Waals surface area (Å²) < 4.78 is 0. The van der Waals surface area contributed by atoms with E-state index in [4.69, 9.17) is 11.6 Å². The Balaban J connectivity index is 2.19. The van der Waals surface area contributed by atoms with Gasteiger partial charge in [0.25, 0.3) is 0 Å². The van der Waals surface area contributed by atoms with Gasteiger partial charge in [0.1, 0.15) is 0 Å². The highest BCUT2D eigenvalue weighted by Gasteiger charge is 2.27. The molecule has 0 bridgehead atoms. The van der Waals surface area contributed by atoms with Crippen molar-refractivity contribution in [3.63, 3.8) is 0 Å². The van der Waals surface area contributed by atoms with Crippen LogP contribution in [-0.4, -0.2) is 19.6 Å². The number of nitrogens with zero attached hydrogens (tertiary/aromatic N) is 1. The molecule has 0 heterocycles. The van der Waals surface area contributed by atoms with Crippen LogP contribution in [0.5, 0.6) is 0 Å². The first-order valence-electron chi connectivity index (χ1n) is 8.36. The van der Waals surface area contributed by atoms with Gasteiger partial charge >= 0.3 is 0 Å². The Morgan fingerprint density at radius 2 is 2.05 bits per heavy atom. The van der Waals surface area contributed by atoms with Crippen molar-refractivity contribution in [3.05, 3.63) is 28.8 Å². The highest BCUT2D eigenvalue weighted by atomic mass is 35.5. The van der Waals surface area contributed by atoms with Crippen LogP contribution in [-0.2, 0) is 6.54 Å². The van der Waals surface area contributed by atoms with Crippen molar-refractivity contribution in [1.29, 1.82) is 0 Å². The average Bonchev–Trinajstić information content (AvgIpc) is 2.47. The third-order valence-electron chi connectivity index (χ3n) is 4.73. The number of nitrogens with one attached hydrogen (secondary N) is 1. The molecule has 2 atom stereocenters. The molecule has 0 aliphatic heterocycles. The van der Waals surface area contributed by atoms with Gasteiger partial charge in [-0.25, -0.2) is 0 Å². The second-order valence-corrected chi connectivity index (χ2v) is 6.77. The summed E-state index contributed by atoms with van der Waals surface area (Å²) >= 11 is 6.53. The largest absolute Gasteiger partial charge is 0.370 e. The molecule has 21 heavy (non-hydrogen) atoms. The summed E-state index contributed by atoms with van der Waals surface area (Å²) in [6.07, 6.45) is 6.49. The van der Waals surface area contributed by atoms with Gasteiger partial charge in [-0.2, -0.15) is 0 Å². The molecule has 2 rings (SSSR count). The Morgan fingerprint density at radius 1 is 1.29 bits per heavy atom. The molecule has 1 N–H and O–H groups in total. The molecule has 0 saturated heterocycles. The molecule has 0 amide bonds. The highest BCUT2D eigenvalue weighted by molar-refractivity contribution is 6.33. The van der Waals surface area contributed by atoms with Crippen molar-refractivity contribution in [3.8, 4) is 0 Å². The van der Waals surface area contributed by atoms with Crippen molar-refractivity contribution < 1.29 is 0 Å². The Bertz CT molecular complexity index is 447. The number of hydrogen-bond acceptors (Lipinski definition) is 2. The van der Waals surface area contributed by atoms with Crippen LogP contribution in [0.1, 0.15) is 51.5 Å². The monoisotopic (exact) mass is 308 g/mol. The van der Waals surface area contributed by atoms with E-state index in [1.807, 2.05) is 6.07 Å². The Labute approximate surface area is 134 Å². The van der Waals surface area contributed by atoms with E-state index < -0.39 is 0 Å². The topological polar surface area (TPSA) is 15.3 Å². The number of para-hydroxylation sites is 1. The van der Waals surface area contributed by atoms with Crippen LogP contribution >= 0.6 is 11.6 Å². The molecule has 1 aromatic rings. The third-order valence-corrected chi connectivity index (χ3v) is 5.03. The molecule has 2 nitrogen and oxygen atoms in total. The zero-order valence-corrected chi connectivity index (χ0v) is 14.4. The van der Waals surface area contributed by atoms with Gasteiger partial charge in [0.05, 0.1) is 10.7 Å². The van der Waals surface area contributed by atoms with Gasteiger partial charge in [-0.3, -0.25) is 0 Å². The van der Waals surface area contributed by atoms with E-state index in [1.54, 1.807) is 0 Å². The summed E-state index contributed by atoms with van der Waals surface area (Å²) in [5, 5.41) is 4.38. The van der Waals surface area contributed by atoms with E-state index in [9.17, 15) is 0 Å². The molecule has 2 unspecified atom stereocenters. The molecule has 1 aromatic carbocycles.